The van der Waals surface area contributed by atoms with Crippen molar-refractivity contribution in [3.8, 4) is 0 Å². The van der Waals surface area contributed by atoms with Gasteiger partial charge in [-0.15, -0.1) is 0 Å². The van der Waals surface area contributed by atoms with Crippen LogP contribution in [0.25, 0.3) is 0 Å². The second-order valence-corrected chi connectivity index (χ2v) is 3.77. The molecule has 0 aliphatic rings. The Bertz CT molecular complexity index is 315. The number of anilines is 2. The molecule has 0 aromatic carbocycles. The first-order valence-electron chi connectivity index (χ1n) is 5.58. The molecule has 0 amide bonds. The molecule has 1 rings (SSSR count). The molecule has 0 fully saturated rings. The Kier molecular flexibility index (Phi) is 4.98. The monoisotopic (exact) mass is 223 g/mol. The van der Waals surface area contributed by atoms with Gasteiger partial charge in [-0.2, -0.15) is 0 Å². The Morgan fingerprint density at radius 3 is 2.38 bits per heavy atom. The molecule has 1 N–H and O–H groups in total. The lowest BCUT2D eigenvalue weighted by Crippen LogP contribution is -2.28. The Hall–Kier alpha value is -1.36. The minimum atomic E-state index is 0.933. The highest BCUT2D eigenvalue weighted by molar-refractivity contribution is 5.49. The first-order chi connectivity index (χ1) is 7.69. The normalized spacial score (nSPS) is 10.2. The van der Waals surface area contributed by atoms with Crippen LogP contribution >= 0.6 is 0 Å². The number of aromatic nitrogens is 2. The molecule has 1 aromatic rings. The maximum atomic E-state index is 4.27. The molecule has 0 bridgehead atoms. The van der Waals surface area contributed by atoms with Crippen molar-refractivity contribution >= 4 is 11.6 Å². The molecule has 5 heteroatoms. The van der Waals surface area contributed by atoms with E-state index in [1.807, 2.05) is 27.2 Å². The summed E-state index contributed by atoms with van der Waals surface area (Å²) < 4.78 is 0. The average molecular weight is 223 g/mol. The molecular formula is C11H21N5. The maximum absolute atomic E-state index is 4.27. The summed E-state index contributed by atoms with van der Waals surface area (Å²) in [5, 5.41) is 3.12. The van der Waals surface area contributed by atoms with Crippen LogP contribution in [0, 0.1) is 0 Å². The number of likely N-dealkylation sites (N-methyl/N-ethyl adjacent to an activating group) is 2. The third kappa shape index (κ3) is 3.34. The van der Waals surface area contributed by atoms with Gasteiger partial charge in [-0.1, -0.05) is 0 Å². The second-order valence-electron chi connectivity index (χ2n) is 3.77. The summed E-state index contributed by atoms with van der Waals surface area (Å²) in [6.07, 6.45) is 1.62. The van der Waals surface area contributed by atoms with Crippen LogP contribution in [0.2, 0.25) is 0 Å². The molecular weight excluding hydrogens is 202 g/mol. The highest BCUT2D eigenvalue weighted by atomic mass is 15.2. The van der Waals surface area contributed by atoms with Gasteiger partial charge in [0, 0.05) is 39.8 Å². The molecule has 16 heavy (non-hydrogen) atoms. The summed E-state index contributed by atoms with van der Waals surface area (Å²) in [6.45, 7) is 4.92. The van der Waals surface area contributed by atoms with E-state index in [0.717, 1.165) is 31.3 Å². The Morgan fingerprint density at radius 2 is 1.81 bits per heavy atom. The molecule has 0 aliphatic heterocycles. The Labute approximate surface area is 97.5 Å². The van der Waals surface area contributed by atoms with Crippen molar-refractivity contribution in [2.24, 2.45) is 0 Å². The van der Waals surface area contributed by atoms with Crippen LogP contribution in [0.3, 0.4) is 0 Å². The molecule has 1 heterocycles. The fourth-order valence-electron chi connectivity index (χ4n) is 1.31. The van der Waals surface area contributed by atoms with Crippen LogP contribution in [0.5, 0.6) is 0 Å². The molecule has 0 spiro atoms. The largest absolute Gasteiger partial charge is 0.360 e. The van der Waals surface area contributed by atoms with E-state index >= 15 is 0 Å². The third-order valence-corrected chi connectivity index (χ3v) is 2.59. The first kappa shape index (κ1) is 12.7. The number of hydrogen-bond donors (Lipinski definition) is 1. The van der Waals surface area contributed by atoms with Crippen LogP contribution in [0.4, 0.5) is 11.6 Å². The molecule has 0 aliphatic carbocycles. The van der Waals surface area contributed by atoms with Gasteiger partial charge in [-0.3, -0.25) is 0 Å². The maximum Gasteiger partial charge on any atom is 0.133 e. The fourth-order valence-corrected chi connectivity index (χ4v) is 1.31. The van der Waals surface area contributed by atoms with Crippen LogP contribution in [-0.4, -0.2) is 50.7 Å². The zero-order valence-corrected chi connectivity index (χ0v) is 10.6. The van der Waals surface area contributed by atoms with E-state index in [1.165, 1.54) is 0 Å². The third-order valence-electron chi connectivity index (χ3n) is 2.59. The van der Waals surface area contributed by atoms with Crippen molar-refractivity contribution in [2.75, 3.05) is 50.6 Å². The van der Waals surface area contributed by atoms with E-state index in [0.29, 0.717) is 0 Å². The summed E-state index contributed by atoms with van der Waals surface area (Å²) in [5.41, 5.74) is 0. The number of hydrogen-bond acceptors (Lipinski definition) is 5. The van der Waals surface area contributed by atoms with E-state index in [-0.39, 0.29) is 0 Å². The summed E-state index contributed by atoms with van der Waals surface area (Å²) in [4.78, 5) is 12.7. The lowest BCUT2D eigenvalue weighted by molar-refractivity contribution is 0.759. The SMILES string of the molecule is CCN(C)c1cc(N(C)CCNC)ncn1. The van der Waals surface area contributed by atoms with Crippen LogP contribution in [-0.2, 0) is 0 Å². The van der Waals surface area contributed by atoms with Gasteiger partial charge in [0.2, 0.25) is 0 Å². The highest BCUT2D eigenvalue weighted by Gasteiger charge is 2.05. The lowest BCUT2D eigenvalue weighted by Gasteiger charge is -2.20. The lowest BCUT2D eigenvalue weighted by atomic mass is 10.4. The van der Waals surface area contributed by atoms with Crippen molar-refractivity contribution in [1.29, 1.82) is 0 Å². The van der Waals surface area contributed by atoms with Crippen molar-refractivity contribution in [2.45, 2.75) is 6.92 Å². The molecule has 0 saturated carbocycles. The van der Waals surface area contributed by atoms with Gasteiger partial charge in [-0.05, 0) is 14.0 Å². The number of rotatable bonds is 6. The topological polar surface area (TPSA) is 44.3 Å². The summed E-state index contributed by atoms with van der Waals surface area (Å²) >= 11 is 0. The second kappa shape index (κ2) is 6.27. The fraction of sp³-hybridized carbons (Fsp3) is 0.636. The van der Waals surface area contributed by atoms with Crippen LogP contribution in [0.1, 0.15) is 6.92 Å². The van der Waals surface area contributed by atoms with Gasteiger partial charge < -0.3 is 15.1 Å². The smallest absolute Gasteiger partial charge is 0.133 e. The average Bonchev–Trinajstić information content (AvgIpc) is 2.35. The zero-order valence-electron chi connectivity index (χ0n) is 10.6. The first-order valence-corrected chi connectivity index (χ1v) is 5.58. The van der Waals surface area contributed by atoms with Crippen molar-refractivity contribution < 1.29 is 0 Å². The van der Waals surface area contributed by atoms with Gasteiger partial charge in [0.15, 0.2) is 0 Å². The number of nitrogens with zero attached hydrogens (tertiary/aromatic N) is 4. The highest BCUT2D eigenvalue weighted by Crippen LogP contribution is 2.14. The molecule has 5 nitrogen and oxygen atoms in total. The Balaban J connectivity index is 2.73. The predicted molar refractivity (Wildman–Crippen MR) is 68.2 cm³/mol. The van der Waals surface area contributed by atoms with E-state index < -0.39 is 0 Å². The molecule has 0 atom stereocenters. The van der Waals surface area contributed by atoms with E-state index in [1.54, 1.807) is 6.33 Å². The molecule has 90 valence electrons. The van der Waals surface area contributed by atoms with Crippen molar-refractivity contribution in [3.63, 3.8) is 0 Å². The van der Waals surface area contributed by atoms with Gasteiger partial charge in [0.05, 0.1) is 0 Å². The standard InChI is InChI=1S/C11H21N5/c1-5-15(3)10-8-11(14-9-13-10)16(4)7-6-12-2/h8-9,12H,5-7H2,1-4H3. The molecule has 0 radical (unpaired) electrons. The zero-order chi connectivity index (χ0) is 12.0. The van der Waals surface area contributed by atoms with E-state index in [2.05, 4.69) is 32.0 Å². The van der Waals surface area contributed by atoms with E-state index in [4.69, 9.17) is 0 Å². The summed E-state index contributed by atoms with van der Waals surface area (Å²) in [7, 11) is 6.01. The molecule has 0 saturated heterocycles. The molecule has 1 aromatic heterocycles. The van der Waals surface area contributed by atoms with Crippen molar-refractivity contribution in [1.82, 2.24) is 15.3 Å². The van der Waals surface area contributed by atoms with E-state index in [9.17, 15) is 0 Å². The number of nitrogens with one attached hydrogen (secondary N) is 1. The predicted octanol–water partition coefficient (Wildman–Crippen LogP) is 0.588. The van der Waals surface area contributed by atoms with Crippen LogP contribution in [0.15, 0.2) is 12.4 Å². The quantitative estimate of drug-likeness (QED) is 0.764. The van der Waals surface area contributed by atoms with Gasteiger partial charge >= 0.3 is 0 Å². The minimum Gasteiger partial charge on any atom is -0.360 e. The van der Waals surface area contributed by atoms with Gasteiger partial charge in [-0.25, -0.2) is 9.97 Å². The van der Waals surface area contributed by atoms with Crippen molar-refractivity contribution in [3.05, 3.63) is 12.4 Å². The van der Waals surface area contributed by atoms with Crippen LogP contribution < -0.4 is 15.1 Å². The summed E-state index contributed by atoms with van der Waals surface area (Å²) in [5.74, 6) is 1.92. The van der Waals surface area contributed by atoms with Gasteiger partial charge in [0.25, 0.3) is 0 Å². The minimum absolute atomic E-state index is 0.933. The summed E-state index contributed by atoms with van der Waals surface area (Å²) in [6, 6.07) is 2.01. The molecule has 0 unspecified atom stereocenters. The Morgan fingerprint density at radius 1 is 1.19 bits per heavy atom. The van der Waals surface area contributed by atoms with Gasteiger partial charge in [0.1, 0.15) is 18.0 Å².